The summed E-state index contributed by atoms with van der Waals surface area (Å²) in [6.45, 7) is 6.03. The summed E-state index contributed by atoms with van der Waals surface area (Å²) in [6.07, 6.45) is 0. The van der Waals surface area contributed by atoms with E-state index in [2.05, 4.69) is 30.5 Å². The lowest BCUT2D eigenvalue weighted by molar-refractivity contribution is -0.113. The minimum Gasteiger partial charge on any atom is -0.328 e. The third-order valence-electron chi connectivity index (χ3n) is 5.59. The van der Waals surface area contributed by atoms with E-state index in [4.69, 9.17) is 10.1 Å². The van der Waals surface area contributed by atoms with E-state index in [0.717, 1.165) is 27.4 Å². The van der Waals surface area contributed by atoms with Crippen molar-refractivity contribution in [2.45, 2.75) is 26.8 Å². The molecule has 2 aromatic heterocycles. The van der Waals surface area contributed by atoms with Gasteiger partial charge >= 0.3 is 0 Å². The number of anilines is 2. The predicted molar refractivity (Wildman–Crippen MR) is 129 cm³/mol. The van der Waals surface area contributed by atoms with E-state index in [1.807, 2.05) is 71.6 Å². The maximum absolute atomic E-state index is 13.5. The normalized spacial score (nSPS) is 15.3. The number of nitrogens with one attached hydrogen (secondary N) is 2. The first-order valence-electron chi connectivity index (χ1n) is 10.4. The molecule has 0 radical (unpaired) electrons. The highest BCUT2D eigenvalue weighted by Gasteiger charge is 2.36. The molecule has 0 saturated carbocycles. The van der Waals surface area contributed by atoms with Crippen LogP contribution in [-0.2, 0) is 4.79 Å². The lowest BCUT2D eigenvalue weighted by Gasteiger charge is -2.28. The third kappa shape index (κ3) is 3.61. The van der Waals surface area contributed by atoms with Crippen LogP contribution in [0.3, 0.4) is 0 Å². The highest BCUT2D eigenvalue weighted by Crippen LogP contribution is 2.40. The molecule has 32 heavy (non-hydrogen) atoms. The van der Waals surface area contributed by atoms with Crippen LogP contribution in [0.2, 0.25) is 0 Å². The number of aryl methyl sites for hydroxylation is 2. The van der Waals surface area contributed by atoms with Crippen molar-refractivity contribution in [1.29, 1.82) is 0 Å². The maximum Gasteiger partial charge on any atom is 0.255 e. The van der Waals surface area contributed by atoms with Crippen LogP contribution in [0.25, 0.3) is 11.4 Å². The van der Waals surface area contributed by atoms with Crippen molar-refractivity contribution >= 4 is 28.9 Å². The molecule has 0 aliphatic carbocycles. The van der Waals surface area contributed by atoms with Gasteiger partial charge in [0.1, 0.15) is 6.04 Å². The molecule has 1 aliphatic heterocycles. The number of hydrogen-bond donors (Lipinski definition) is 2. The second kappa shape index (κ2) is 8.09. The monoisotopic (exact) mass is 441 g/mol. The summed E-state index contributed by atoms with van der Waals surface area (Å²) in [5, 5.41) is 13.2. The van der Waals surface area contributed by atoms with Crippen molar-refractivity contribution in [1.82, 2.24) is 14.8 Å². The van der Waals surface area contributed by atoms with Gasteiger partial charge in [-0.25, -0.2) is 4.68 Å². The van der Waals surface area contributed by atoms with E-state index < -0.39 is 0 Å². The molecule has 1 amide bonds. The van der Waals surface area contributed by atoms with Gasteiger partial charge in [0.25, 0.3) is 5.91 Å². The quantitative estimate of drug-likeness (QED) is 0.435. The predicted octanol–water partition coefficient (Wildman–Crippen LogP) is 5.55. The van der Waals surface area contributed by atoms with Crippen LogP contribution < -0.4 is 10.6 Å². The van der Waals surface area contributed by atoms with Gasteiger partial charge in [-0.15, -0.1) is 16.4 Å². The number of thiophene rings is 1. The first-order chi connectivity index (χ1) is 15.5. The number of hydrogen-bond acceptors (Lipinski definition) is 5. The Labute approximate surface area is 190 Å². The molecule has 5 rings (SSSR count). The Bertz CT molecular complexity index is 1320. The molecular weight excluding hydrogens is 418 g/mol. The van der Waals surface area contributed by atoms with Crippen LogP contribution >= 0.6 is 11.3 Å². The van der Waals surface area contributed by atoms with Crippen molar-refractivity contribution in [2.75, 3.05) is 10.6 Å². The zero-order chi connectivity index (χ0) is 22.2. The molecule has 0 bridgehead atoms. The van der Waals surface area contributed by atoms with Gasteiger partial charge in [0.15, 0.2) is 5.82 Å². The van der Waals surface area contributed by atoms with Gasteiger partial charge in [-0.3, -0.25) is 4.79 Å². The fourth-order valence-corrected chi connectivity index (χ4v) is 4.92. The minimum atomic E-state index is -0.360. The number of carbonyl (C=O) groups is 1. The lowest BCUT2D eigenvalue weighted by atomic mass is 9.99. The van der Waals surface area contributed by atoms with Gasteiger partial charge in [-0.05, 0) is 49.9 Å². The largest absolute Gasteiger partial charge is 0.328 e. The second-order valence-corrected chi connectivity index (χ2v) is 8.87. The van der Waals surface area contributed by atoms with Crippen LogP contribution in [0.15, 0.2) is 77.3 Å². The van der Waals surface area contributed by atoms with Crippen molar-refractivity contribution in [2.24, 2.45) is 0 Å². The van der Waals surface area contributed by atoms with Crippen molar-refractivity contribution < 1.29 is 4.79 Å². The molecule has 3 heterocycles. The average molecular weight is 442 g/mol. The molecular formula is C25H23N5OS. The first-order valence-corrected chi connectivity index (χ1v) is 11.3. The summed E-state index contributed by atoms with van der Waals surface area (Å²) in [6, 6.07) is 19.3. The van der Waals surface area contributed by atoms with Crippen molar-refractivity contribution in [3.63, 3.8) is 0 Å². The highest BCUT2D eigenvalue weighted by atomic mass is 32.1. The molecule has 2 aromatic carbocycles. The Morgan fingerprint density at radius 1 is 1.03 bits per heavy atom. The van der Waals surface area contributed by atoms with E-state index in [1.54, 1.807) is 11.3 Å². The number of fused-ring (bicyclic) bond motifs is 1. The topological polar surface area (TPSA) is 71.8 Å². The highest BCUT2D eigenvalue weighted by molar-refractivity contribution is 7.10. The number of para-hydroxylation sites is 1. The summed E-state index contributed by atoms with van der Waals surface area (Å²) < 4.78 is 1.83. The third-order valence-corrected chi connectivity index (χ3v) is 6.66. The van der Waals surface area contributed by atoms with E-state index in [9.17, 15) is 4.79 Å². The fourth-order valence-electron chi connectivity index (χ4n) is 3.90. The fraction of sp³-hybridized carbons (Fsp3) is 0.160. The van der Waals surface area contributed by atoms with E-state index in [1.165, 1.54) is 5.56 Å². The lowest BCUT2D eigenvalue weighted by Crippen LogP contribution is -2.31. The van der Waals surface area contributed by atoms with Crippen LogP contribution in [0.1, 0.15) is 29.0 Å². The summed E-state index contributed by atoms with van der Waals surface area (Å²) in [5.74, 6) is 1.10. The number of amides is 1. The van der Waals surface area contributed by atoms with Crippen LogP contribution in [0.5, 0.6) is 0 Å². The van der Waals surface area contributed by atoms with Gasteiger partial charge in [0, 0.05) is 21.8 Å². The molecule has 7 heteroatoms. The molecule has 2 N–H and O–H groups in total. The molecule has 0 saturated heterocycles. The summed E-state index contributed by atoms with van der Waals surface area (Å²) in [4.78, 5) is 19.3. The van der Waals surface area contributed by atoms with Crippen molar-refractivity contribution in [3.8, 4) is 11.4 Å². The molecule has 0 fully saturated rings. The second-order valence-electron chi connectivity index (χ2n) is 7.92. The average Bonchev–Trinajstić information content (AvgIpc) is 3.40. The van der Waals surface area contributed by atoms with E-state index in [-0.39, 0.29) is 11.9 Å². The van der Waals surface area contributed by atoms with Gasteiger partial charge in [-0.1, -0.05) is 48.0 Å². The summed E-state index contributed by atoms with van der Waals surface area (Å²) >= 11 is 1.63. The number of rotatable bonds is 4. The molecule has 1 atom stereocenters. The number of allylic oxidation sites excluding steroid dienone is 1. The Kier molecular flexibility index (Phi) is 5.11. The molecule has 160 valence electrons. The minimum absolute atomic E-state index is 0.156. The molecule has 1 aliphatic rings. The number of carbonyl (C=O) groups excluding carboxylic acids is 1. The number of benzene rings is 2. The van der Waals surface area contributed by atoms with Gasteiger partial charge < -0.3 is 10.6 Å². The molecule has 4 aromatic rings. The van der Waals surface area contributed by atoms with Crippen LogP contribution in [0.4, 0.5) is 11.6 Å². The maximum atomic E-state index is 13.5. The zero-order valence-corrected chi connectivity index (χ0v) is 18.9. The number of nitrogens with zero attached hydrogens (tertiary/aromatic N) is 3. The Morgan fingerprint density at radius 3 is 2.47 bits per heavy atom. The Hall–Kier alpha value is -3.71. The zero-order valence-electron chi connectivity index (χ0n) is 18.1. The summed E-state index contributed by atoms with van der Waals surface area (Å²) in [5.41, 5.74) is 5.40. The van der Waals surface area contributed by atoms with Gasteiger partial charge in [-0.2, -0.15) is 4.98 Å². The molecule has 0 spiro atoms. The van der Waals surface area contributed by atoms with Gasteiger partial charge in [0.05, 0.1) is 5.57 Å². The number of aromatic nitrogens is 3. The smallest absolute Gasteiger partial charge is 0.255 e. The van der Waals surface area contributed by atoms with Gasteiger partial charge in [0.2, 0.25) is 5.95 Å². The standard InChI is InChI=1S/C25H23N5OS/c1-15-9-11-18(12-10-15)23-28-25-26-17(3)20(24(31)27-19-7-5-4-6-8-19)21(30(25)29-23)22-16(2)13-14-32-22/h4-14,21H,1-3H3,(H,27,31)(H,26,28,29). The SMILES string of the molecule is CC1=C(C(=O)Nc2ccccc2)C(c2sccc2C)n2nc(-c3ccc(C)cc3)nc2N1. The first kappa shape index (κ1) is 20.2. The summed E-state index contributed by atoms with van der Waals surface area (Å²) in [7, 11) is 0. The molecule has 1 unspecified atom stereocenters. The molecule has 6 nitrogen and oxygen atoms in total. The Morgan fingerprint density at radius 2 is 1.78 bits per heavy atom. The van der Waals surface area contributed by atoms with Crippen molar-refractivity contribution in [3.05, 3.63) is 93.3 Å². The Balaban J connectivity index is 1.60. The van der Waals surface area contributed by atoms with E-state index in [0.29, 0.717) is 17.3 Å². The van der Waals surface area contributed by atoms with Crippen LogP contribution in [0, 0.1) is 13.8 Å². The van der Waals surface area contributed by atoms with Crippen LogP contribution in [-0.4, -0.2) is 20.7 Å². The van der Waals surface area contributed by atoms with E-state index >= 15 is 0 Å².